The van der Waals surface area contributed by atoms with Crippen molar-refractivity contribution in [3.8, 4) is 5.75 Å². The average Bonchev–Trinajstić information content (AvgIpc) is 2.44. The second kappa shape index (κ2) is 6.36. The minimum atomic E-state index is -0.724. The van der Waals surface area contributed by atoms with Crippen LogP contribution in [0.1, 0.15) is 5.56 Å². The Morgan fingerprint density at radius 1 is 1.35 bits per heavy atom. The fraction of sp³-hybridized carbons (Fsp3) is 0.143. The Labute approximate surface area is 121 Å². The van der Waals surface area contributed by atoms with Crippen LogP contribution >= 0.6 is 11.6 Å². The molecule has 0 saturated carbocycles. The van der Waals surface area contributed by atoms with E-state index in [1.165, 1.54) is 6.20 Å². The van der Waals surface area contributed by atoms with Crippen LogP contribution in [0, 0.1) is 0 Å². The predicted octanol–water partition coefficient (Wildman–Crippen LogP) is 1.95. The first-order valence-corrected chi connectivity index (χ1v) is 6.39. The van der Waals surface area contributed by atoms with Crippen molar-refractivity contribution >= 4 is 23.3 Å². The van der Waals surface area contributed by atoms with Crippen LogP contribution in [-0.2, 0) is 11.2 Å². The number of phenolic OH excluding ortho intramolecular Hbond substituents is 1. The molecule has 0 aliphatic carbocycles. The molecule has 20 heavy (non-hydrogen) atoms. The Balaban J connectivity index is 1.99. The molecule has 2 aromatic rings. The third-order valence-corrected chi connectivity index (χ3v) is 3.03. The highest BCUT2D eigenvalue weighted by Crippen LogP contribution is 2.17. The van der Waals surface area contributed by atoms with Crippen molar-refractivity contribution in [3.05, 3.63) is 53.2 Å². The molecular formula is C14H14ClN3O2. The highest BCUT2D eigenvalue weighted by atomic mass is 35.5. The minimum absolute atomic E-state index is 0.173. The van der Waals surface area contributed by atoms with Crippen molar-refractivity contribution in [2.24, 2.45) is 5.73 Å². The van der Waals surface area contributed by atoms with Gasteiger partial charge in [0.05, 0.1) is 11.1 Å². The van der Waals surface area contributed by atoms with Gasteiger partial charge in [0, 0.05) is 6.20 Å². The number of aromatic nitrogens is 1. The zero-order valence-electron chi connectivity index (χ0n) is 10.6. The third kappa shape index (κ3) is 3.69. The topological polar surface area (TPSA) is 88.2 Å². The Kier molecular flexibility index (Phi) is 4.55. The van der Waals surface area contributed by atoms with Gasteiger partial charge in [0.15, 0.2) is 5.82 Å². The van der Waals surface area contributed by atoms with Gasteiger partial charge in [-0.05, 0) is 36.2 Å². The Hall–Kier alpha value is -2.11. The molecule has 0 radical (unpaired) electrons. The summed E-state index contributed by atoms with van der Waals surface area (Å²) in [5.74, 6) is 0.103. The molecular weight excluding hydrogens is 278 g/mol. The number of pyridine rings is 1. The molecule has 104 valence electrons. The average molecular weight is 292 g/mol. The highest BCUT2D eigenvalue weighted by molar-refractivity contribution is 6.33. The molecule has 2 rings (SSSR count). The molecule has 0 saturated heterocycles. The fourth-order valence-electron chi connectivity index (χ4n) is 1.67. The number of benzene rings is 1. The lowest BCUT2D eigenvalue weighted by Crippen LogP contribution is -2.37. The number of nitrogens with one attached hydrogen (secondary N) is 1. The largest absolute Gasteiger partial charge is 0.508 e. The molecule has 1 heterocycles. The van der Waals surface area contributed by atoms with Gasteiger partial charge in [-0.3, -0.25) is 4.79 Å². The monoisotopic (exact) mass is 291 g/mol. The van der Waals surface area contributed by atoms with E-state index in [-0.39, 0.29) is 11.7 Å². The molecule has 1 amide bonds. The molecule has 1 aromatic heterocycles. The van der Waals surface area contributed by atoms with Crippen molar-refractivity contribution < 1.29 is 9.90 Å². The summed E-state index contributed by atoms with van der Waals surface area (Å²) in [4.78, 5) is 15.9. The Bertz CT molecular complexity index is 602. The number of carbonyl (C=O) groups excluding carboxylic acids is 1. The van der Waals surface area contributed by atoms with Crippen LogP contribution in [0.25, 0.3) is 0 Å². The number of hydrogen-bond donors (Lipinski definition) is 3. The zero-order chi connectivity index (χ0) is 14.5. The van der Waals surface area contributed by atoms with E-state index in [1.54, 1.807) is 36.4 Å². The van der Waals surface area contributed by atoms with Gasteiger partial charge < -0.3 is 16.2 Å². The number of amides is 1. The van der Waals surface area contributed by atoms with E-state index in [4.69, 9.17) is 17.3 Å². The summed E-state index contributed by atoms with van der Waals surface area (Å²) >= 11 is 5.90. The number of nitrogens with two attached hydrogens (primary N) is 1. The smallest absolute Gasteiger partial charge is 0.242 e. The lowest BCUT2D eigenvalue weighted by molar-refractivity contribution is -0.117. The van der Waals surface area contributed by atoms with Crippen LogP contribution in [0.3, 0.4) is 0 Å². The second-order valence-corrected chi connectivity index (χ2v) is 4.71. The summed E-state index contributed by atoms with van der Waals surface area (Å²) in [6.07, 6.45) is 1.89. The van der Waals surface area contributed by atoms with E-state index >= 15 is 0 Å². The second-order valence-electron chi connectivity index (χ2n) is 4.30. The molecule has 1 unspecified atom stereocenters. The summed E-state index contributed by atoms with van der Waals surface area (Å²) in [6.45, 7) is 0. The predicted molar refractivity (Wildman–Crippen MR) is 77.7 cm³/mol. The maximum Gasteiger partial charge on any atom is 0.242 e. The van der Waals surface area contributed by atoms with Crippen molar-refractivity contribution in [3.63, 3.8) is 0 Å². The maximum absolute atomic E-state index is 12.0. The van der Waals surface area contributed by atoms with Crippen LogP contribution < -0.4 is 11.1 Å². The number of nitrogens with zero attached hydrogens (tertiary/aromatic N) is 1. The van der Waals surface area contributed by atoms with Crippen LogP contribution in [0.4, 0.5) is 5.82 Å². The molecule has 0 fully saturated rings. The van der Waals surface area contributed by atoms with Gasteiger partial charge in [0.2, 0.25) is 5.91 Å². The van der Waals surface area contributed by atoms with Gasteiger partial charge in [-0.15, -0.1) is 0 Å². The molecule has 1 aromatic carbocycles. The van der Waals surface area contributed by atoms with Crippen molar-refractivity contribution in [2.45, 2.75) is 12.5 Å². The third-order valence-electron chi connectivity index (χ3n) is 2.73. The first kappa shape index (κ1) is 14.3. The molecule has 6 heteroatoms. The van der Waals surface area contributed by atoms with E-state index in [2.05, 4.69) is 10.3 Å². The lowest BCUT2D eigenvalue weighted by Gasteiger charge is -2.12. The first-order valence-electron chi connectivity index (χ1n) is 6.01. The van der Waals surface area contributed by atoms with Crippen molar-refractivity contribution in [2.75, 3.05) is 5.32 Å². The molecule has 0 spiro atoms. The van der Waals surface area contributed by atoms with Crippen LogP contribution in [0.5, 0.6) is 5.75 Å². The zero-order valence-corrected chi connectivity index (χ0v) is 11.3. The Morgan fingerprint density at radius 2 is 2.05 bits per heavy atom. The summed E-state index contributed by atoms with van der Waals surface area (Å²) in [5, 5.41) is 12.1. The van der Waals surface area contributed by atoms with Gasteiger partial charge in [0.1, 0.15) is 5.75 Å². The first-order chi connectivity index (χ1) is 9.56. The number of halogens is 1. The molecule has 1 atom stereocenters. The number of hydrogen-bond acceptors (Lipinski definition) is 4. The van der Waals surface area contributed by atoms with Gasteiger partial charge >= 0.3 is 0 Å². The fourth-order valence-corrected chi connectivity index (χ4v) is 1.83. The van der Waals surface area contributed by atoms with E-state index in [0.29, 0.717) is 17.3 Å². The summed E-state index contributed by atoms with van der Waals surface area (Å²) < 4.78 is 0. The number of anilines is 1. The number of phenols is 1. The standard InChI is InChI=1S/C14H14ClN3O2/c15-11-2-1-7-17-13(11)18-14(20)12(16)8-9-3-5-10(19)6-4-9/h1-7,12,19H,8,16H2,(H,17,18,20). The van der Waals surface area contributed by atoms with Crippen LogP contribution in [0.2, 0.25) is 5.02 Å². The van der Waals surface area contributed by atoms with Crippen molar-refractivity contribution in [1.82, 2.24) is 4.98 Å². The van der Waals surface area contributed by atoms with E-state index in [0.717, 1.165) is 5.56 Å². The van der Waals surface area contributed by atoms with E-state index < -0.39 is 6.04 Å². The normalized spacial score (nSPS) is 11.9. The van der Waals surface area contributed by atoms with Gasteiger partial charge in [-0.2, -0.15) is 0 Å². The van der Waals surface area contributed by atoms with Crippen LogP contribution in [-0.4, -0.2) is 22.0 Å². The quantitative estimate of drug-likeness (QED) is 0.803. The van der Waals surface area contributed by atoms with Gasteiger partial charge in [-0.1, -0.05) is 23.7 Å². The molecule has 4 N–H and O–H groups in total. The highest BCUT2D eigenvalue weighted by Gasteiger charge is 2.15. The van der Waals surface area contributed by atoms with Gasteiger partial charge in [-0.25, -0.2) is 4.98 Å². The molecule has 0 bridgehead atoms. The number of aromatic hydroxyl groups is 1. The van der Waals surface area contributed by atoms with Crippen molar-refractivity contribution in [1.29, 1.82) is 0 Å². The van der Waals surface area contributed by atoms with Crippen LogP contribution in [0.15, 0.2) is 42.6 Å². The molecule has 0 aliphatic rings. The van der Waals surface area contributed by atoms with Gasteiger partial charge in [0.25, 0.3) is 0 Å². The number of rotatable bonds is 4. The lowest BCUT2D eigenvalue weighted by atomic mass is 10.1. The minimum Gasteiger partial charge on any atom is -0.508 e. The SMILES string of the molecule is NC(Cc1ccc(O)cc1)C(=O)Nc1ncccc1Cl. The molecule has 5 nitrogen and oxygen atoms in total. The molecule has 0 aliphatic heterocycles. The maximum atomic E-state index is 12.0. The number of carbonyl (C=O) groups is 1. The summed E-state index contributed by atoms with van der Waals surface area (Å²) in [5.41, 5.74) is 6.70. The Morgan fingerprint density at radius 3 is 2.70 bits per heavy atom. The van der Waals surface area contributed by atoms with E-state index in [9.17, 15) is 9.90 Å². The summed E-state index contributed by atoms with van der Waals surface area (Å²) in [6, 6.07) is 9.12. The van der Waals surface area contributed by atoms with E-state index in [1.807, 2.05) is 0 Å². The summed E-state index contributed by atoms with van der Waals surface area (Å²) in [7, 11) is 0.